The van der Waals surface area contributed by atoms with E-state index in [0.717, 1.165) is 0 Å². The lowest BCUT2D eigenvalue weighted by molar-refractivity contribution is -1.17. The van der Waals surface area contributed by atoms with Crippen LogP contribution < -0.4 is 10.5 Å². The van der Waals surface area contributed by atoms with E-state index in [4.69, 9.17) is 0 Å². The molecule has 6 nitrogen and oxygen atoms in total. The van der Waals surface area contributed by atoms with Gasteiger partial charge in [-0.25, -0.2) is 20.9 Å². The molecule has 2 aromatic rings. The molecular formula is C16H20N2O4. The number of hydrogen-bond donors (Lipinski definition) is 4. The molecule has 118 valence electrons. The van der Waals surface area contributed by atoms with Gasteiger partial charge in [-0.1, -0.05) is 60.7 Å². The molecule has 0 radical (unpaired) electrons. The lowest BCUT2D eigenvalue weighted by Gasteiger charge is -2.49. The molecule has 22 heavy (non-hydrogen) atoms. The van der Waals surface area contributed by atoms with Gasteiger partial charge in [0.15, 0.2) is 0 Å². The predicted octanol–water partition coefficient (Wildman–Crippen LogP) is 0.361. The Morgan fingerprint density at radius 1 is 0.682 bits per heavy atom. The van der Waals surface area contributed by atoms with Crippen LogP contribution in [0.4, 0.5) is 0 Å². The lowest BCUT2D eigenvalue weighted by Crippen LogP contribution is -3.25. The molecule has 0 saturated carbocycles. The summed E-state index contributed by atoms with van der Waals surface area (Å²) >= 11 is 0. The zero-order valence-corrected chi connectivity index (χ0v) is 12.5. The summed E-state index contributed by atoms with van der Waals surface area (Å²) < 4.78 is 0. The van der Waals surface area contributed by atoms with E-state index in [-0.39, 0.29) is 0 Å². The zero-order chi connectivity index (χ0) is 16.4. The fraction of sp³-hybridized carbons (Fsp3) is 0.250. The Morgan fingerprint density at radius 2 is 0.955 bits per heavy atom. The fourth-order valence-electron chi connectivity index (χ4n) is 2.80. The van der Waals surface area contributed by atoms with Gasteiger partial charge in [-0.3, -0.25) is 0 Å². The van der Waals surface area contributed by atoms with Gasteiger partial charge in [0, 0.05) is 25.0 Å². The van der Waals surface area contributed by atoms with Gasteiger partial charge in [-0.05, 0) is 0 Å². The molecule has 2 unspecified atom stereocenters. The Bertz CT molecular complexity index is 551. The number of benzene rings is 2. The minimum absolute atomic E-state index is 0.455. The highest BCUT2D eigenvalue weighted by Gasteiger charge is 2.59. The summed E-state index contributed by atoms with van der Waals surface area (Å²) in [6, 6.07) is 17.0. The van der Waals surface area contributed by atoms with Crippen LogP contribution in [0.5, 0.6) is 0 Å². The second kappa shape index (κ2) is 6.13. The maximum Gasteiger partial charge on any atom is 0.212 e. The number of hydrogen-bond acceptors (Lipinski definition) is 4. The number of nitrogens with one attached hydrogen (secondary N) is 2. The van der Waals surface area contributed by atoms with Crippen molar-refractivity contribution in [2.75, 3.05) is 0 Å². The van der Waals surface area contributed by atoms with Gasteiger partial charge < -0.3 is 10.4 Å². The van der Waals surface area contributed by atoms with Gasteiger partial charge in [-0.2, -0.15) is 0 Å². The SMILES string of the molecule is C[C@](c1ccccc1)([NH+]([O-])O)[C@](C)(c1ccccc1)[NH+]([O-])O. The van der Waals surface area contributed by atoms with Gasteiger partial charge in [0.1, 0.15) is 0 Å². The molecule has 4 atom stereocenters. The minimum atomic E-state index is -1.61. The van der Waals surface area contributed by atoms with Crippen molar-refractivity contribution in [2.24, 2.45) is 0 Å². The summed E-state index contributed by atoms with van der Waals surface area (Å²) in [7, 11) is 0. The number of rotatable bonds is 5. The van der Waals surface area contributed by atoms with Crippen molar-refractivity contribution < 1.29 is 20.9 Å². The van der Waals surface area contributed by atoms with E-state index in [9.17, 15) is 20.8 Å². The van der Waals surface area contributed by atoms with E-state index >= 15 is 0 Å². The summed E-state index contributed by atoms with van der Waals surface area (Å²) in [5, 5.41) is 41.6. The molecule has 0 aliphatic carbocycles. The third-order valence-corrected chi connectivity index (χ3v) is 4.56. The fourth-order valence-corrected chi connectivity index (χ4v) is 2.80. The third kappa shape index (κ3) is 2.42. The number of hydroxylamine groups is 4. The van der Waals surface area contributed by atoms with Crippen LogP contribution in [0.25, 0.3) is 0 Å². The highest BCUT2D eigenvalue weighted by molar-refractivity contribution is 5.32. The van der Waals surface area contributed by atoms with Gasteiger partial charge >= 0.3 is 0 Å². The van der Waals surface area contributed by atoms with Crippen LogP contribution in [-0.4, -0.2) is 10.4 Å². The van der Waals surface area contributed by atoms with Crippen molar-refractivity contribution in [1.29, 1.82) is 0 Å². The van der Waals surface area contributed by atoms with Crippen LogP contribution in [0.2, 0.25) is 0 Å². The molecular weight excluding hydrogens is 284 g/mol. The molecule has 0 spiro atoms. The topological polar surface area (TPSA) is 95.5 Å². The largest absolute Gasteiger partial charge is 0.599 e. The van der Waals surface area contributed by atoms with E-state index < -0.39 is 21.5 Å². The van der Waals surface area contributed by atoms with Gasteiger partial charge in [0.05, 0.1) is 0 Å². The third-order valence-electron chi connectivity index (χ3n) is 4.56. The Labute approximate surface area is 128 Å². The first-order valence-corrected chi connectivity index (χ1v) is 6.93. The molecule has 0 amide bonds. The molecule has 2 aromatic carbocycles. The zero-order valence-electron chi connectivity index (χ0n) is 12.5. The van der Waals surface area contributed by atoms with Gasteiger partial charge in [0.2, 0.25) is 11.1 Å². The Kier molecular flexibility index (Phi) is 4.62. The van der Waals surface area contributed by atoms with Crippen LogP contribution in [0, 0.1) is 10.4 Å². The van der Waals surface area contributed by atoms with Crippen LogP contribution >= 0.6 is 0 Å². The van der Waals surface area contributed by atoms with E-state index in [1.54, 1.807) is 60.7 Å². The first kappa shape index (κ1) is 16.6. The molecule has 0 fully saturated rings. The van der Waals surface area contributed by atoms with Crippen molar-refractivity contribution >= 4 is 0 Å². The monoisotopic (exact) mass is 304 g/mol. The van der Waals surface area contributed by atoms with E-state index in [0.29, 0.717) is 11.1 Å². The van der Waals surface area contributed by atoms with Crippen LogP contribution in [0.3, 0.4) is 0 Å². The van der Waals surface area contributed by atoms with Gasteiger partial charge in [0.25, 0.3) is 0 Å². The second-order valence-electron chi connectivity index (χ2n) is 5.59. The molecule has 0 aromatic heterocycles. The normalized spacial score (nSPS) is 19.7. The highest BCUT2D eigenvalue weighted by atomic mass is 16.8. The van der Waals surface area contributed by atoms with Crippen LogP contribution in [0.1, 0.15) is 25.0 Å². The van der Waals surface area contributed by atoms with Crippen LogP contribution in [-0.2, 0) is 11.1 Å². The summed E-state index contributed by atoms with van der Waals surface area (Å²) in [5.74, 6) is 0. The quantitative estimate of drug-likeness (QED) is 0.600. The lowest BCUT2D eigenvalue weighted by atomic mass is 9.71. The standard InChI is InChI=1S/C16H20N2O4/c1-15(17(19)20,13-9-5-3-6-10-13)16(2,18(21)22)14-11-7-4-8-12-14/h3-12,17-19,21H,1-2H3/t15-,16+. The molecule has 0 aliphatic heterocycles. The Hall–Kier alpha value is -1.80. The van der Waals surface area contributed by atoms with Crippen molar-refractivity contribution in [3.8, 4) is 0 Å². The summed E-state index contributed by atoms with van der Waals surface area (Å²) in [5.41, 5.74) is -2.31. The van der Waals surface area contributed by atoms with Crippen molar-refractivity contribution in [3.05, 3.63) is 82.2 Å². The minimum Gasteiger partial charge on any atom is -0.599 e. The Morgan fingerprint density at radius 3 is 1.18 bits per heavy atom. The summed E-state index contributed by atoms with van der Waals surface area (Å²) in [6.45, 7) is 2.93. The maximum absolute atomic E-state index is 12.1. The molecule has 0 saturated heterocycles. The van der Waals surface area contributed by atoms with E-state index in [1.807, 2.05) is 0 Å². The first-order chi connectivity index (χ1) is 10.3. The van der Waals surface area contributed by atoms with Crippen LogP contribution in [0.15, 0.2) is 60.7 Å². The predicted molar refractivity (Wildman–Crippen MR) is 79.8 cm³/mol. The molecule has 4 N–H and O–H groups in total. The number of quaternary nitrogens is 2. The smallest absolute Gasteiger partial charge is 0.212 e. The first-order valence-electron chi connectivity index (χ1n) is 6.93. The highest BCUT2D eigenvalue weighted by Crippen LogP contribution is 2.35. The molecule has 2 rings (SSSR count). The van der Waals surface area contributed by atoms with E-state index in [1.165, 1.54) is 13.8 Å². The van der Waals surface area contributed by atoms with Crippen molar-refractivity contribution in [1.82, 2.24) is 0 Å². The molecule has 0 heterocycles. The average molecular weight is 304 g/mol. The second-order valence-corrected chi connectivity index (χ2v) is 5.59. The molecule has 0 bridgehead atoms. The molecule has 0 aliphatic rings. The Balaban J connectivity index is 2.72. The van der Waals surface area contributed by atoms with E-state index in [2.05, 4.69) is 0 Å². The summed E-state index contributed by atoms with van der Waals surface area (Å²) in [6.07, 6.45) is 0. The molecule has 6 heteroatoms. The van der Waals surface area contributed by atoms with Gasteiger partial charge in [-0.15, -0.1) is 0 Å². The average Bonchev–Trinajstić information content (AvgIpc) is 2.54. The summed E-state index contributed by atoms with van der Waals surface area (Å²) in [4.78, 5) is 0. The maximum atomic E-state index is 12.1. The van der Waals surface area contributed by atoms with Crippen molar-refractivity contribution in [2.45, 2.75) is 24.9 Å². The van der Waals surface area contributed by atoms with Crippen molar-refractivity contribution in [3.63, 3.8) is 0 Å².